The number of aromatic amines is 1. The fourth-order valence-corrected chi connectivity index (χ4v) is 6.51. The lowest BCUT2D eigenvalue weighted by atomic mass is 9.79. The number of H-pyrrole nitrogens is 1. The van der Waals surface area contributed by atoms with Crippen LogP contribution >= 0.6 is 0 Å². The topological polar surface area (TPSA) is 82.6 Å². The minimum absolute atomic E-state index is 0.494. The average molecular weight is 462 g/mol. The molecule has 0 amide bonds. The zero-order chi connectivity index (χ0) is 22.9. The van der Waals surface area contributed by atoms with Gasteiger partial charge in [0.2, 0.25) is 0 Å². The van der Waals surface area contributed by atoms with Crippen molar-refractivity contribution in [3.8, 4) is 11.4 Å². The first kappa shape index (κ1) is 19.7. The molecule has 7 heteroatoms. The van der Waals surface area contributed by atoms with Crippen molar-refractivity contribution in [1.29, 1.82) is 0 Å². The first-order valence-electron chi connectivity index (χ1n) is 12.8. The van der Waals surface area contributed by atoms with Crippen molar-refractivity contribution in [1.82, 2.24) is 30.2 Å². The fourth-order valence-electron chi connectivity index (χ4n) is 6.51. The lowest BCUT2D eigenvalue weighted by molar-refractivity contribution is 0.421. The van der Waals surface area contributed by atoms with Gasteiger partial charge in [-0.1, -0.05) is 24.6 Å². The Labute approximate surface area is 203 Å². The number of pyridine rings is 2. The summed E-state index contributed by atoms with van der Waals surface area (Å²) in [7, 11) is 0. The molecule has 1 aromatic carbocycles. The van der Waals surface area contributed by atoms with E-state index in [2.05, 4.69) is 61.7 Å². The highest BCUT2D eigenvalue weighted by molar-refractivity contribution is 6.12. The number of nitrogens with one attached hydrogen (secondary N) is 2. The van der Waals surface area contributed by atoms with Crippen LogP contribution in [0.3, 0.4) is 0 Å². The minimum Gasteiger partial charge on any atom is -0.351 e. The Kier molecular flexibility index (Phi) is 4.20. The van der Waals surface area contributed by atoms with Crippen LogP contribution in [-0.4, -0.2) is 50.6 Å². The van der Waals surface area contributed by atoms with E-state index in [-0.39, 0.29) is 0 Å². The maximum atomic E-state index is 5.37. The van der Waals surface area contributed by atoms with Gasteiger partial charge in [-0.15, -0.1) is 0 Å². The number of rotatable bonds is 3. The van der Waals surface area contributed by atoms with Crippen LogP contribution in [0.15, 0.2) is 48.9 Å². The van der Waals surface area contributed by atoms with Crippen molar-refractivity contribution in [3.05, 3.63) is 54.5 Å². The predicted molar refractivity (Wildman–Crippen MR) is 139 cm³/mol. The summed E-state index contributed by atoms with van der Waals surface area (Å²) in [5.41, 5.74) is 5.25. The standard InChI is InChI=1S/C28H27N7/c1-2-7-21-18(6-1)24-19(8-10-31-27(24)32-21)26-33-22-14-30-13-20(16-4-3-5-16)25(22)28(34-26)35-11-9-17-12-29-15-23(17)35/h1-2,6-8,10,13-14,16-17,23,29H,3-5,9,11-12,15H2,(H,31,32)/t17-,23?/m1/s1. The number of hydrogen-bond acceptors (Lipinski definition) is 6. The van der Waals surface area contributed by atoms with Gasteiger partial charge in [0.1, 0.15) is 11.5 Å². The summed E-state index contributed by atoms with van der Waals surface area (Å²) in [5, 5.41) is 7.06. The van der Waals surface area contributed by atoms with E-state index >= 15 is 0 Å². The van der Waals surface area contributed by atoms with Crippen molar-refractivity contribution in [3.63, 3.8) is 0 Å². The average Bonchev–Trinajstić information content (AvgIpc) is 3.56. The number of fused-ring (bicyclic) bond motifs is 5. The molecule has 1 unspecified atom stereocenters. The van der Waals surface area contributed by atoms with Gasteiger partial charge in [0, 0.05) is 65.3 Å². The lowest BCUT2D eigenvalue weighted by Crippen LogP contribution is -2.35. The normalized spacial score (nSPS) is 22.3. The van der Waals surface area contributed by atoms with Crippen LogP contribution < -0.4 is 10.2 Å². The SMILES string of the molecule is c1ccc2c(c1)[nH]c1nccc(-c3nc(N4CC[C@@H]5CNCC54)c4c(C5CCC5)cncc4n3)c12. The predicted octanol–water partition coefficient (Wildman–Crippen LogP) is 4.79. The van der Waals surface area contributed by atoms with E-state index in [9.17, 15) is 0 Å². The van der Waals surface area contributed by atoms with Gasteiger partial charge < -0.3 is 15.2 Å². The summed E-state index contributed by atoms with van der Waals surface area (Å²) in [6, 6.07) is 10.9. The third kappa shape index (κ3) is 2.88. The van der Waals surface area contributed by atoms with Crippen molar-refractivity contribution in [2.45, 2.75) is 37.6 Å². The van der Waals surface area contributed by atoms with Gasteiger partial charge in [-0.25, -0.2) is 15.0 Å². The van der Waals surface area contributed by atoms with Crippen LogP contribution in [0.25, 0.3) is 44.2 Å². The zero-order valence-corrected chi connectivity index (χ0v) is 19.5. The molecule has 2 atom stereocenters. The molecule has 7 nitrogen and oxygen atoms in total. The Hall–Kier alpha value is -3.58. The van der Waals surface area contributed by atoms with Crippen LogP contribution in [0.5, 0.6) is 0 Å². The minimum atomic E-state index is 0.494. The van der Waals surface area contributed by atoms with Crippen molar-refractivity contribution in [2.75, 3.05) is 24.5 Å². The summed E-state index contributed by atoms with van der Waals surface area (Å²) in [6.07, 6.45) is 10.8. The van der Waals surface area contributed by atoms with Crippen molar-refractivity contribution < 1.29 is 0 Å². The van der Waals surface area contributed by atoms with Crippen molar-refractivity contribution >= 4 is 38.7 Å². The second kappa shape index (κ2) is 7.46. The summed E-state index contributed by atoms with van der Waals surface area (Å²) >= 11 is 0. The van der Waals surface area contributed by atoms with E-state index in [4.69, 9.17) is 9.97 Å². The summed E-state index contributed by atoms with van der Waals surface area (Å²) in [5.74, 6) is 3.11. The highest BCUT2D eigenvalue weighted by Gasteiger charge is 2.39. The zero-order valence-electron chi connectivity index (χ0n) is 19.5. The Balaban J connectivity index is 1.41. The molecule has 1 saturated carbocycles. The first-order valence-corrected chi connectivity index (χ1v) is 12.8. The van der Waals surface area contributed by atoms with E-state index in [1.807, 2.05) is 12.4 Å². The molecule has 8 rings (SSSR count). The monoisotopic (exact) mass is 461 g/mol. The fraction of sp³-hybridized carbons (Fsp3) is 0.357. The Morgan fingerprint density at radius 1 is 0.943 bits per heavy atom. The molecule has 2 N–H and O–H groups in total. The van der Waals surface area contributed by atoms with Gasteiger partial charge >= 0.3 is 0 Å². The number of anilines is 1. The van der Waals surface area contributed by atoms with Crippen LogP contribution in [-0.2, 0) is 0 Å². The molecular weight excluding hydrogens is 434 g/mol. The molecular formula is C28H27N7. The molecule has 4 aromatic heterocycles. The number of benzene rings is 1. The third-order valence-electron chi connectivity index (χ3n) is 8.52. The van der Waals surface area contributed by atoms with Gasteiger partial charge in [-0.2, -0.15) is 0 Å². The molecule has 3 aliphatic rings. The van der Waals surface area contributed by atoms with E-state index in [1.54, 1.807) is 0 Å². The maximum Gasteiger partial charge on any atom is 0.163 e. The largest absolute Gasteiger partial charge is 0.351 e. The highest BCUT2D eigenvalue weighted by Crippen LogP contribution is 2.44. The van der Waals surface area contributed by atoms with Crippen LogP contribution in [0, 0.1) is 5.92 Å². The molecule has 2 saturated heterocycles. The summed E-state index contributed by atoms with van der Waals surface area (Å²) in [4.78, 5) is 25.8. The van der Waals surface area contributed by atoms with E-state index in [0.29, 0.717) is 17.9 Å². The molecule has 35 heavy (non-hydrogen) atoms. The molecule has 3 fully saturated rings. The van der Waals surface area contributed by atoms with Gasteiger partial charge in [0.15, 0.2) is 5.82 Å². The second-order valence-electron chi connectivity index (χ2n) is 10.3. The molecule has 174 valence electrons. The second-order valence-corrected chi connectivity index (χ2v) is 10.3. The van der Waals surface area contributed by atoms with Crippen LogP contribution in [0.2, 0.25) is 0 Å². The quantitative estimate of drug-likeness (QED) is 0.402. The number of para-hydroxylation sites is 1. The summed E-state index contributed by atoms with van der Waals surface area (Å²) < 4.78 is 0. The smallest absolute Gasteiger partial charge is 0.163 e. The van der Waals surface area contributed by atoms with Crippen molar-refractivity contribution in [2.24, 2.45) is 5.92 Å². The molecule has 6 heterocycles. The number of aromatic nitrogens is 5. The van der Waals surface area contributed by atoms with Gasteiger partial charge in [0.05, 0.1) is 11.7 Å². The Bertz CT molecular complexity index is 1600. The maximum absolute atomic E-state index is 5.37. The molecule has 0 radical (unpaired) electrons. The molecule has 5 aromatic rings. The lowest BCUT2D eigenvalue weighted by Gasteiger charge is -2.30. The summed E-state index contributed by atoms with van der Waals surface area (Å²) in [6.45, 7) is 3.18. The molecule has 2 aliphatic heterocycles. The van der Waals surface area contributed by atoms with Crippen LogP contribution in [0.1, 0.15) is 37.2 Å². The molecule has 1 aliphatic carbocycles. The van der Waals surface area contributed by atoms with Gasteiger partial charge in [-0.3, -0.25) is 4.98 Å². The first-order chi connectivity index (χ1) is 17.3. The highest BCUT2D eigenvalue weighted by atomic mass is 15.3. The molecule has 0 bridgehead atoms. The Morgan fingerprint density at radius 3 is 2.80 bits per heavy atom. The third-order valence-corrected chi connectivity index (χ3v) is 8.52. The van der Waals surface area contributed by atoms with Crippen LogP contribution in [0.4, 0.5) is 5.82 Å². The number of hydrogen-bond donors (Lipinski definition) is 2. The van der Waals surface area contributed by atoms with E-state index < -0.39 is 0 Å². The van der Waals surface area contributed by atoms with Gasteiger partial charge in [-0.05, 0) is 48.8 Å². The number of nitrogens with zero attached hydrogens (tertiary/aromatic N) is 5. The molecule has 0 spiro atoms. The Morgan fingerprint density at radius 2 is 1.89 bits per heavy atom. The van der Waals surface area contributed by atoms with Gasteiger partial charge in [0.25, 0.3) is 0 Å². The van der Waals surface area contributed by atoms with E-state index in [1.165, 1.54) is 36.6 Å². The van der Waals surface area contributed by atoms with E-state index in [0.717, 1.165) is 64.3 Å².